The topological polar surface area (TPSA) is 87.3 Å². The molecule has 1 amide bonds. The highest BCUT2D eigenvalue weighted by Gasteiger charge is 2.22. The summed E-state index contributed by atoms with van der Waals surface area (Å²) in [6, 6.07) is 11.0. The van der Waals surface area contributed by atoms with Gasteiger partial charge in [0.1, 0.15) is 11.3 Å². The average molecular weight is 398 g/mol. The van der Waals surface area contributed by atoms with Gasteiger partial charge < -0.3 is 14.6 Å². The maximum atomic E-state index is 13.1. The Morgan fingerprint density at radius 2 is 1.83 bits per heavy atom. The molecule has 0 fully saturated rings. The Hall–Kier alpha value is -3.13. The molecule has 0 unspecified atom stereocenters. The predicted molar refractivity (Wildman–Crippen MR) is 111 cm³/mol. The molecule has 3 rings (SSSR count). The number of benzene rings is 1. The van der Waals surface area contributed by atoms with Gasteiger partial charge >= 0.3 is 5.69 Å². The predicted octanol–water partition coefficient (Wildman–Crippen LogP) is 1.57. The van der Waals surface area contributed by atoms with Crippen molar-refractivity contribution in [2.24, 2.45) is 14.1 Å². The van der Waals surface area contributed by atoms with Crippen molar-refractivity contribution in [3.8, 4) is 0 Å². The van der Waals surface area contributed by atoms with Crippen molar-refractivity contribution in [3.63, 3.8) is 0 Å². The fourth-order valence-electron chi connectivity index (χ4n) is 3.52. The van der Waals surface area contributed by atoms with Crippen LogP contribution in [0.25, 0.3) is 11.0 Å². The van der Waals surface area contributed by atoms with Crippen LogP contribution in [0.5, 0.6) is 0 Å². The second kappa shape index (κ2) is 8.48. The Balaban J connectivity index is 2.08. The molecule has 2 heterocycles. The van der Waals surface area contributed by atoms with Crippen molar-refractivity contribution in [2.45, 2.75) is 25.9 Å². The van der Waals surface area contributed by atoms with Crippen LogP contribution in [0.1, 0.15) is 35.4 Å². The molecule has 1 aromatic carbocycles. The molecule has 3 aromatic rings. The summed E-state index contributed by atoms with van der Waals surface area (Å²) in [5.41, 5.74) is 0.909. The standard InChI is InChI=1S/C21H26N4O4/c1-14(15-9-6-5-7-10-15)22-18(26)17-13-16-19(25(17)11-8-12-29-4)23(2)21(28)24(3)20(16)27/h5-7,9-10,13-14H,8,11-12H2,1-4H3,(H,22,26)/t14-/m1/s1. The summed E-state index contributed by atoms with van der Waals surface area (Å²) < 4.78 is 9.31. The number of aryl methyl sites for hydroxylation is 2. The van der Waals surface area contributed by atoms with Crippen molar-refractivity contribution in [1.82, 2.24) is 19.0 Å². The molecule has 0 aliphatic carbocycles. The number of ether oxygens (including phenoxy) is 1. The van der Waals surface area contributed by atoms with E-state index in [1.54, 1.807) is 24.8 Å². The van der Waals surface area contributed by atoms with Gasteiger partial charge in [-0.3, -0.25) is 18.7 Å². The maximum absolute atomic E-state index is 13.1. The van der Waals surface area contributed by atoms with Gasteiger partial charge in [-0.2, -0.15) is 0 Å². The molecule has 8 heteroatoms. The summed E-state index contributed by atoms with van der Waals surface area (Å²) in [6.07, 6.45) is 0.637. The zero-order chi connectivity index (χ0) is 21.1. The van der Waals surface area contributed by atoms with Gasteiger partial charge in [-0.15, -0.1) is 0 Å². The Morgan fingerprint density at radius 3 is 2.48 bits per heavy atom. The number of methoxy groups -OCH3 is 1. The molecule has 0 bridgehead atoms. The van der Waals surface area contributed by atoms with Crippen LogP contribution in [0.3, 0.4) is 0 Å². The number of fused-ring (bicyclic) bond motifs is 1. The second-order valence-electron chi connectivity index (χ2n) is 7.08. The number of hydrogen-bond donors (Lipinski definition) is 1. The lowest BCUT2D eigenvalue weighted by Crippen LogP contribution is -2.37. The molecule has 1 N–H and O–H groups in total. The molecule has 0 aliphatic heterocycles. The fraction of sp³-hybridized carbons (Fsp3) is 0.381. The number of hydrogen-bond acceptors (Lipinski definition) is 4. The highest BCUT2D eigenvalue weighted by Crippen LogP contribution is 2.18. The Kier molecular flexibility index (Phi) is 6.03. The lowest BCUT2D eigenvalue weighted by molar-refractivity contribution is 0.0929. The van der Waals surface area contributed by atoms with Gasteiger partial charge in [-0.05, 0) is 25.0 Å². The summed E-state index contributed by atoms with van der Waals surface area (Å²) in [5, 5.41) is 3.32. The summed E-state index contributed by atoms with van der Waals surface area (Å²) in [4.78, 5) is 38.1. The first-order valence-electron chi connectivity index (χ1n) is 9.50. The fourth-order valence-corrected chi connectivity index (χ4v) is 3.52. The van der Waals surface area contributed by atoms with Gasteiger partial charge in [-0.1, -0.05) is 30.3 Å². The van der Waals surface area contributed by atoms with E-state index in [2.05, 4.69) is 5.32 Å². The second-order valence-corrected chi connectivity index (χ2v) is 7.08. The van der Waals surface area contributed by atoms with Gasteiger partial charge in [0.25, 0.3) is 11.5 Å². The molecular weight excluding hydrogens is 372 g/mol. The minimum absolute atomic E-state index is 0.208. The number of amides is 1. The summed E-state index contributed by atoms with van der Waals surface area (Å²) >= 11 is 0. The van der Waals surface area contributed by atoms with Crippen molar-refractivity contribution in [3.05, 3.63) is 68.5 Å². The first-order valence-corrected chi connectivity index (χ1v) is 9.50. The van der Waals surface area contributed by atoms with E-state index in [-0.39, 0.29) is 11.9 Å². The monoisotopic (exact) mass is 398 g/mol. The van der Waals surface area contributed by atoms with E-state index < -0.39 is 11.2 Å². The number of carbonyl (C=O) groups is 1. The molecule has 1 atom stereocenters. The molecule has 0 aliphatic rings. The van der Waals surface area contributed by atoms with Crippen LogP contribution in [0, 0.1) is 0 Å². The normalized spacial score (nSPS) is 12.3. The SMILES string of the molecule is COCCCn1c(C(=O)N[C@H](C)c2ccccc2)cc2c(=O)n(C)c(=O)n(C)c21. The van der Waals surface area contributed by atoms with Crippen LogP contribution in [0.4, 0.5) is 0 Å². The van der Waals surface area contributed by atoms with Crippen LogP contribution in [-0.4, -0.2) is 33.3 Å². The summed E-state index contributed by atoms with van der Waals surface area (Å²) in [5.74, 6) is -0.301. The first kappa shape index (κ1) is 20.6. The molecule has 0 radical (unpaired) electrons. The van der Waals surface area contributed by atoms with Crippen LogP contribution in [0.2, 0.25) is 0 Å². The number of nitrogens with zero attached hydrogens (tertiary/aromatic N) is 3. The van der Waals surface area contributed by atoms with Crippen molar-refractivity contribution >= 4 is 16.9 Å². The van der Waals surface area contributed by atoms with Gasteiger partial charge in [0.15, 0.2) is 0 Å². The molecule has 8 nitrogen and oxygen atoms in total. The van der Waals surface area contributed by atoms with E-state index in [1.165, 1.54) is 11.6 Å². The smallest absolute Gasteiger partial charge is 0.332 e. The summed E-state index contributed by atoms with van der Waals surface area (Å²) in [6.45, 7) is 2.85. The number of aromatic nitrogens is 3. The van der Waals surface area contributed by atoms with E-state index in [1.807, 2.05) is 37.3 Å². The molecule has 0 spiro atoms. The molecule has 154 valence electrons. The Morgan fingerprint density at radius 1 is 1.14 bits per heavy atom. The van der Waals surface area contributed by atoms with Crippen LogP contribution < -0.4 is 16.6 Å². The highest BCUT2D eigenvalue weighted by atomic mass is 16.5. The van der Waals surface area contributed by atoms with Gasteiger partial charge in [0, 0.05) is 34.4 Å². The third kappa shape index (κ3) is 3.88. The minimum atomic E-state index is -0.432. The van der Waals surface area contributed by atoms with Gasteiger partial charge in [0.2, 0.25) is 0 Å². The molecule has 0 saturated carbocycles. The van der Waals surface area contributed by atoms with E-state index >= 15 is 0 Å². The van der Waals surface area contributed by atoms with Crippen molar-refractivity contribution in [1.29, 1.82) is 0 Å². The average Bonchev–Trinajstić information content (AvgIpc) is 3.11. The van der Waals surface area contributed by atoms with E-state index in [0.29, 0.717) is 36.3 Å². The summed E-state index contributed by atoms with van der Waals surface area (Å²) in [7, 11) is 4.64. The third-order valence-electron chi connectivity index (χ3n) is 5.11. The zero-order valence-electron chi connectivity index (χ0n) is 17.1. The molecule has 0 saturated heterocycles. The third-order valence-corrected chi connectivity index (χ3v) is 5.11. The minimum Gasteiger partial charge on any atom is -0.385 e. The Bertz CT molecular complexity index is 1140. The molecule has 2 aromatic heterocycles. The molecule has 29 heavy (non-hydrogen) atoms. The zero-order valence-corrected chi connectivity index (χ0v) is 17.1. The first-order chi connectivity index (χ1) is 13.9. The lowest BCUT2D eigenvalue weighted by atomic mass is 10.1. The number of carbonyl (C=O) groups excluding carboxylic acids is 1. The number of nitrogens with one attached hydrogen (secondary N) is 1. The van der Waals surface area contributed by atoms with Gasteiger partial charge in [0.05, 0.1) is 11.4 Å². The largest absolute Gasteiger partial charge is 0.385 e. The van der Waals surface area contributed by atoms with Crippen LogP contribution in [-0.2, 0) is 25.4 Å². The van der Waals surface area contributed by atoms with E-state index in [9.17, 15) is 14.4 Å². The Labute approximate surface area is 168 Å². The van der Waals surface area contributed by atoms with Crippen LogP contribution in [0.15, 0.2) is 46.0 Å². The highest BCUT2D eigenvalue weighted by molar-refractivity contribution is 5.98. The van der Waals surface area contributed by atoms with Gasteiger partial charge in [-0.25, -0.2) is 4.79 Å². The maximum Gasteiger partial charge on any atom is 0.332 e. The van der Waals surface area contributed by atoms with E-state index in [4.69, 9.17) is 4.74 Å². The van der Waals surface area contributed by atoms with Crippen molar-refractivity contribution < 1.29 is 9.53 Å². The molecular formula is C21H26N4O4. The van der Waals surface area contributed by atoms with Crippen LogP contribution >= 0.6 is 0 Å². The number of rotatable bonds is 7. The quantitative estimate of drug-likeness (QED) is 0.612. The van der Waals surface area contributed by atoms with Crippen molar-refractivity contribution in [2.75, 3.05) is 13.7 Å². The van der Waals surface area contributed by atoms with E-state index in [0.717, 1.165) is 10.1 Å². The lowest BCUT2D eigenvalue weighted by Gasteiger charge is -2.16.